The van der Waals surface area contributed by atoms with E-state index in [0.717, 1.165) is 48.0 Å². The first-order valence-electron chi connectivity index (χ1n) is 10.6. The second kappa shape index (κ2) is 12.1. The lowest BCUT2D eigenvalue weighted by molar-refractivity contribution is 0.386. The van der Waals surface area contributed by atoms with Gasteiger partial charge < -0.3 is 16.4 Å². The maximum absolute atomic E-state index is 7.43. The Hall–Kier alpha value is -2.54. The topological polar surface area (TPSA) is 99.7 Å². The summed E-state index contributed by atoms with van der Waals surface area (Å²) in [6.45, 7) is 2.08. The number of fused-ring (bicyclic) bond motifs is 1. The summed E-state index contributed by atoms with van der Waals surface area (Å²) in [7, 11) is 0. The molecule has 1 aliphatic rings. The van der Waals surface area contributed by atoms with Gasteiger partial charge in [0.05, 0.1) is 5.52 Å². The fourth-order valence-corrected chi connectivity index (χ4v) is 4.11. The third-order valence-corrected chi connectivity index (χ3v) is 5.84. The molecular formula is C24H29Cl3N6. The van der Waals surface area contributed by atoms with E-state index in [2.05, 4.69) is 29.7 Å². The van der Waals surface area contributed by atoms with E-state index in [1.54, 1.807) is 0 Å². The SMILES string of the molecule is Cc1ccc2nc(/C=C/c3ccc(Cl)cc3)nc(N[C@H]3CC[C@@H](NC(=N)N)CC3)c2c1.Cl.Cl. The zero-order valence-electron chi connectivity index (χ0n) is 18.3. The molecule has 0 aliphatic heterocycles. The number of nitrogens with zero attached hydrogens (tertiary/aromatic N) is 2. The zero-order chi connectivity index (χ0) is 21.8. The standard InChI is InChI=1S/C24H27ClN6.2ClH/c1-15-2-12-21-20(14-15)23(28-18-8-10-19(11-9-18)29-24(26)27)31-22(30-21)13-5-16-3-6-17(25)7-4-16;;/h2-7,12-14,18-19H,8-11H2,1H3,(H4,26,27,29)(H,28,30,31);2*1H/b13-5+;;/t18-,19+;;. The Morgan fingerprint density at radius 2 is 1.67 bits per heavy atom. The zero-order valence-corrected chi connectivity index (χ0v) is 20.7. The van der Waals surface area contributed by atoms with Gasteiger partial charge in [0.25, 0.3) is 0 Å². The number of hydrogen-bond donors (Lipinski definition) is 4. The maximum Gasteiger partial charge on any atom is 0.185 e. The number of aryl methyl sites for hydroxylation is 1. The predicted molar refractivity (Wildman–Crippen MR) is 144 cm³/mol. The van der Waals surface area contributed by atoms with Crippen molar-refractivity contribution in [3.05, 3.63) is 64.4 Å². The first-order chi connectivity index (χ1) is 15.0. The second-order valence-corrected chi connectivity index (χ2v) is 8.52. The van der Waals surface area contributed by atoms with Gasteiger partial charge in [-0.25, -0.2) is 9.97 Å². The molecule has 3 aromatic rings. The predicted octanol–water partition coefficient (Wildman–Crippen LogP) is 5.81. The van der Waals surface area contributed by atoms with E-state index < -0.39 is 0 Å². The fraction of sp³-hybridized carbons (Fsp3) is 0.292. The summed E-state index contributed by atoms with van der Waals surface area (Å²) in [6, 6.07) is 14.5. The van der Waals surface area contributed by atoms with Crippen molar-refractivity contribution in [1.82, 2.24) is 15.3 Å². The highest BCUT2D eigenvalue weighted by Gasteiger charge is 2.22. The van der Waals surface area contributed by atoms with Crippen LogP contribution in [0.4, 0.5) is 5.82 Å². The van der Waals surface area contributed by atoms with Gasteiger partial charge in [0.2, 0.25) is 0 Å². The molecule has 5 N–H and O–H groups in total. The highest BCUT2D eigenvalue weighted by molar-refractivity contribution is 6.30. The molecule has 1 heterocycles. The number of anilines is 1. The van der Waals surface area contributed by atoms with E-state index in [9.17, 15) is 0 Å². The van der Waals surface area contributed by atoms with Crippen LogP contribution in [-0.4, -0.2) is 28.0 Å². The molecule has 1 aliphatic carbocycles. The Kier molecular flexibility index (Phi) is 9.77. The van der Waals surface area contributed by atoms with Gasteiger partial charge in [-0.1, -0.05) is 41.4 Å². The summed E-state index contributed by atoms with van der Waals surface area (Å²) < 4.78 is 0. The van der Waals surface area contributed by atoms with Gasteiger partial charge in [-0.3, -0.25) is 5.41 Å². The van der Waals surface area contributed by atoms with Crippen LogP contribution >= 0.6 is 36.4 Å². The molecule has 4 rings (SSSR count). The first-order valence-corrected chi connectivity index (χ1v) is 10.9. The van der Waals surface area contributed by atoms with Gasteiger partial charge in [0.15, 0.2) is 11.8 Å². The van der Waals surface area contributed by atoms with E-state index in [1.165, 1.54) is 5.56 Å². The Morgan fingerprint density at radius 1 is 1.00 bits per heavy atom. The lowest BCUT2D eigenvalue weighted by atomic mass is 9.91. The molecule has 0 spiro atoms. The summed E-state index contributed by atoms with van der Waals surface area (Å²) in [4.78, 5) is 9.57. The van der Waals surface area contributed by atoms with Crippen LogP contribution in [0, 0.1) is 12.3 Å². The molecule has 9 heteroatoms. The summed E-state index contributed by atoms with van der Waals surface area (Å²) in [5, 5.41) is 15.9. The Morgan fingerprint density at radius 3 is 2.33 bits per heavy atom. The number of hydrogen-bond acceptors (Lipinski definition) is 4. The van der Waals surface area contributed by atoms with Crippen molar-refractivity contribution < 1.29 is 0 Å². The monoisotopic (exact) mass is 506 g/mol. The van der Waals surface area contributed by atoms with Crippen molar-refractivity contribution in [2.45, 2.75) is 44.7 Å². The lowest BCUT2D eigenvalue weighted by Crippen LogP contribution is -2.43. The Labute approximate surface area is 211 Å². The van der Waals surface area contributed by atoms with Crippen LogP contribution in [0.1, 0.15) is 42.6 Å². The second-order valence-electron chi connectivity index (χ2n) is 8.09. The van der Waals surface area contributed by atoms with Crippen LogP contribution < -0.4 is 16.4 Å². The maximum atomic E-state index is 7.43. The van der Waals surface area contributed by atoms with Gasteiger partial charge in [-0.05, 0) is 68.5 Å². The molecule has 0 radical (unpaired) electrons. The largest absolute Gasteiger partial charge is 0.370 e. The molecule has 2 aromatic carbocycles. The Bertz CT molecular complexity index is 1110. The lowest BCUT2D eigenvalue weighted by Gasteiger charge is -2.30. The van der Waals surface area contributed by atoms with Gasteiger partial charge in [-0.2, -0.15) is 0 Å². The Balaban J connectivity index is 0.00000193. The van der Waals surface area contributed by atoms with Crippen LogP contribution in [0.2, 0.25) is 5.02 Å². The quantitative estimate of drug-likeness (QED) is 0.258. The van der Waals surface area contributed by atoms with Crippen molar-refractivity contribution in [2.24, 2.45) is 5.73 Å². The fourth-order valence-electron chi connectivity index (χ4n) is 3.98. The van der Waals surface area contributed by atoms with Gasteiger partial charge in [-0.15, -0.1) is 24.8 Å². The van der Waals surface area contributed by atoms with Crippen LogP contribution in [0.25, 0.3) is 23.1 Å². The van der Waals surface area contributed by atoms with Crippen LogP contribution in [0.5, 0.6) is 0 Å². The van der Waals surface area contributed by atoms with Gasteiger partial charge in [0, 0.05) is 22.5 Å². The minimum atomic E-state index is 0. The highest BCUT2D eigenvalue weighted by Crippen LogP contribution is 2.27. The summed E-state index contributed by atoms with van der Waals surface area (Å²) in [5.74, 6) is 1.58. The van der Waals surface area contributed by atoms with E-state index in [0.29, 0.717) is 16.9 Å². The molecule has 6 nitrogen and oxygen atoms in total. The van der Waals surface area contributed by atoms with Crippen LogP contribution in [0.3, 0.4) is 0 Å². The molecule has 176 valence electrons. The summed E-state index contributed by atoms with van der Waals surface area (Å²) in [6.07, 6.45) is 7.87. The molecule has 33 heavy (non-hydrogen) atoms. The highest BCUT2D eigenvalue weighted by atomic mass is 35.5. The van der Waals surface area contributed by atoms with Crippen molar-refractivity contribution in [2.75, 3.05) is 5.32 Å². The van der Waals surface area contributed by atoms with Gasteiger partial charge in [0.1, 0.15) is 5.82 Å². The summed E-state index contributed by atoms with van der Waals surface area (Å²) >= 11 is 5.98. The number of benzene rings is 2. The van der Waals surface area contributed by atoms with E-state index >= 15 is 0 Å². The van der Waals surface area contributed by atoms with E-state index in [4.69, 9.17) is 32.7 Å². The molecule has 1 saturated carbocycles. The molecule has 0 amide bonds. The first kappa shape index (κ1) is 26.7. The van der Waals surface area contributed by atoms with Crippen molar-refractivity contribution >= 4 is 71.2 Å². The molecule has 1 fully saturated rings. The molecular weight excluding hydrogens is 479 g/mol. The average molecular weight is 508 g/mol. The average Bonchev–Trinajstić information content (AvgIpc) is 2.75. The normalized spacial score (nSPS) is 17.8. The number of aromatic nitrogens is 2. The minimum absolute atomic E-state index is 0. The molecule has 1 aromatic heterocycles. The number of nitrogens with one attached hydrogen (secondary N) is 3. The van der Waals surface area contributed by atoms with Gasteiger partial charge >= 0.3 is 0 Å². The minimum Gasteiger partial charge on any atom is -0.370 e. The smallest absolute Gasteiger partial charge is 0.185 e. The van der Waals surface area contributed by atoms with Crippen LogP contribution in [0.15, 0.2) is 42.5 Å². The van der Waals surface area contributed by atoms with Crippen molar-refractivity contribution in [3.8, 4) is 0 Å². The number of nitrogens with two attached hydrogens (primary N) is 1. The number of halogens is 3. The molecule has 0 atom stereocenters. The van der Waals surface area contributed by atoms with E-state index in [-0.39, 0.29) is 36.8 Å². The number of rotatable bonds is 5. The van der Waals surface area contributed by atoms with Crippen LogP contribution in [-0.2, 0) is 0 Å². The molecule has 0 saturated heterocycles. The van der Waals surface area contributed by atoms with Crippen molar-refractivity contribution in [1.29, 1.82) is 5.41 Å². The molecule has 0 unspecified atom stereocenters. The summed E-state index contributed by atoms with van der Waals surface area (Å²) in [5.41, 5.74) is 8.62. The number of guanidine groups is 1. The van der Waals surface area contributed by atoms with Crippen molar-refractivity contribution in [3.63, 3.8) is 0 Å². The third kappa shape index (κ3) is 7.22. The third-order valence-electron chi connectivity index (χ3n) is 5.59. The molecule has 0 bridgehead atoms. The van der Waals surface area contributed by atoms with E-state index in [1.807, 2.05) is 42.5 Å².